The van der Waals surface area contributed by atoms with Crippen LogP contribution >= 0.6 is 11.6 Å². The highest BCUT2D eigenvalue weighted by molar-refractivity contribution is 6.30. The average Bonchev–Trinajstić information content (AvgIpc) is 3.56. The van der Waals surface area contributed by atoms with E-state index in [-0.39, 0.29) is 12.0 Å². The third-order valence-corrected chi connectivity index (χ3v) is 7.13. The highest BCUT2D eigenvalue weighted by atomic mass is 35.5. The number of pyridine rings is 1. The number of aromatic nitrogens is 5. The number of benzene rings is 1. The number of rotatable bonds is 4. The molecule has 2 aliphatic rings. The van der Waals surface area contributed by atoms with Crippen LogP contribution in [0.15, 0.2) is 36.7 Å². The second kappa shape index (κ2) is 8.40. The Labute approximate surface area is 202 Å². The molecule has 0 N–H and O–H groups in total. The van der Waals surface area contributed by atoms with Gasteiger partial charge in [0, 0.05) is 46.0 Å². The van der Waals surface area contributed by atoms with Crippen LogP contribution in [0.3, 0.4) is 0 Å². The van der Waals surface area contributed by atoms with Gasteiger partial charge in [-0.25, -0.2) is 19.3 Å². The van der Waals surface area contributed by atoms with Crippen LogP contribution in [0, 0.1) is 19.7 Å². The predicted molar refractivity (Wildman–Crippen MR) is 128 cm³/mol. The molecule has 0 bridgehead atoms. The minimum absolute atomic E-state index is 0.0611. The molecule has 0 radical (unpaired) electrons. The number of hydrogen-bond acceptors (Lipinski definition) is 5. The van der Waals surface area contributed by atoms with Gasteiger partial charge < -0.3 is 4.74 Å². The zero-order valence-corrected chi connectivity index (χ0v) is 19.9. The molecule has 6 rings (SSSR count). The second-order valence-electron chi connectivity index (χ2n) is 9.38. The van der Waals surface area contributed by atoms with E-state index in [1.165, 1.54) is 18.9 Å². The highest BCUT2D eigenvalue weighted by Gasteiger charge is 2.31. The summed E-state index contributed by atoms with van der Waals surface area (Å²) in [5, 5.41) is 5.61. The molecular formula is C26H25ClFN5O. The fraction of sp³-hybridized carbons (Fsp3) is 0.385. The number of halogens is 2. The van der Waals surface area contributed by atoms with Crippen LogP contribution in [0.4, 0.5) is 4.39 Å². The van der Waals surface area contributed by atoms with Gasteiger partial charge >= 0.3 is 0 Å². The van der Waals surface area contributed by atoms with Gasteiger partial charge in [0.15, 0.2) is 5.65 Å². The summed E-state index contributed by atoms with van der Waals surface area (Å²) < 4.78 is 23.1. The van der Waals surface area contributed by atoms with Gasteiger partial charge in [-0.15, -0.1) is 0 Å². The molecule has 1 aromatic carbocycles. The molecule has 0 amide bonds. The van der Waals surface area contributed by atoms with Gasteiger partial charge in [0.05, 0.1) is 24.0 Å². The third kappa shape index (κ3) is 3.97. The van der Waals surface area contributed by atoms with E-state index < -0.39 is 5.82 Å². The minimum atomic E-state index is -0.408. The first-order valence-corrected chi connectivity index (χ1v) is 12.1. The molecule has 1 aliphatic heterocycles. The van der Waals surface area contributed by atoms with Crippen molar-refractivity contribution in [2.45, 2.75) is 57.6 Å². The summed E-state index contributed by atoms with van der Waals surface area (Å²) in [6.07, 6.45) is 7.88. The Morgan fingerprint density at radius 3 is 2.74 bits per heavy atom. The van der Waals surface area contributed by atoms with Crippen LogP contribution < -0.4 is 0 Å². The van der Waals surface area contributed by atoms with E-state index in [9.17, 15) is 4.39 Å². The molecular weight excluding hydrogens is 453 g/mol. The van der Waals surface area contributed by atoms with E-state index in [0.717, 1.165) is 35.0 Å². The lowest BCUT2D eigenvalue weighted by atomic mass is 9.92. The molecule has 174 valence electrons. The first-order chi connectivity index (χ1) is 16.5. The van der Waals surface area contributed by atoms with E-state index in [4.69, 9.17) is 31.3 Å². The number of hydrogen-bond donors (Lipinski definition) is 0. The molecule has 3 aromatic heterocycles. The molecule has 0 spiro atoms. The van der Waals surface area contributed by atoms with Crippen molar-refractivity contribution in [1.82, 2.24) is 24.7 Å². The molecule has 1 aliphatic carbocycles. The number of fused-ring (bicyclic) bond motifs is 1. The van der Waals surface area contributed by atoms with Crippen molar-refractivity contribution in [3.05, 3.63) is 70.1 Å². The molecule has 4 heterocycles. The molecule has 2 fully saturated rings. The van der Waals surface area contributed by atoms with Crippen molar-refractivity contribution in [3.8, 4) is 11.3 Å². The van der Waals surface area contributed by atoms with Gasteiger partial charge in [0.1, 0.15) is 11.6 Å². The summed E-state index contributed by atoms with van der Waals surface area (Å²) in [6.45, 7) is 4.56. The van der Waals surface area contributed by atoms with E-state index in [0.29, 0.717) is 40.4 Å². The lowest BCUT2D eigenvalue weighted by Gasteiger charge is -2.28. The quantitative estimate of drug-likeness (QED) is 0.346. The Bertz CT molecular complexity index is 1400. The Balaban J connectivity index is 1.41. The fourth-order valence-electron chi connectivity index (χ4n) is 4.65. The van der Waals surface area contributed by atoms with Crippen LogP contribution in [0.2, 0.25) is 5.02 Å². The van der Waals surface area contributed by atoms with Crippen molar-refractivity contribution in [3.63, 3.8) is 0 Å². The number of ether oxygens (including phenoxy) is 1. The highest BCUT2D eigenvalue weighted by Crippen LogP contribution is 2.40. The normalized spacial score (nSPS) is 20.7. The zero-order valence-electron chi connectivity index (χ0n) is 19.1. The van der Waals surface area contributed by atoms with Crippen molar-refractivity contribution in [2.24, 2.45) is 0 Å². The van der Waals surface area contributed by atoms with Crippen molar-refractivity contribution in [1.29, 1.82) is 0 Å². The molecule has 2 atom stereocenters. The lowest BCUT2D eigenvalue weighted by Crippen LogP contribution is -2.20. The second-order valence-corrected chi connectivity index (χ2v) is 9.82. The topological polar surface area (TPSA) is 65.7 Å². The number of aryl methyl sites for hydroxylation is 2. The van der Waals surface area contributed by atoms with Crippen molar-refractivity contribution in [2.75, 3.05) is 6.61 Å². The van der Waals surface area contributed by atoms with Gasteiger partial charge in [-0.05, 0) is 69.4 Å². The maximum Gasteiger partial charge on any atom is 0.163 e. The Morgan fingerprint density at radius 2 is 1.94 bits per heavy atom. The van der Waals surface area contributed by atoms with E-state index in [1.54, 1.807) is 12.1 Å². The Hall–Kier alpha value is -2.90. The third-order valence-electron chi connectivity index (χ3n) is 6.90. The predicted octanol–water partition coefficient (Wildman–Crippen LogP) is 6.27. The fourth-order valence-corrected chi connectivity index (χ4v) is 4.81. The molecule has 34 heavy (non-hydrogen) atoms. The molecule has 4 aromatic rings. The summed E-state index contributed by atoms with van der Waals surface area (Å²) in [4.78, 5) is 14.5. The van der Waals surface area contributed by atoms with Gasteiger partial charge in [-0.3, -0.25) is 4.68 Å². The lowest BCUT2D eigenvalue weighted by molar-refractivity contribution is 0.00396. The molecule has 1 saturated carbocycles. The van der Waals surface area contributed by atoms with Crippen molar-refractivity contribution < 1.29 is 9.13 Å². The van der Waals surface area contributed by atoms with Crippen LogP contribution in [0.1, 0.15) is 66.4 Å². The smallest absolute Gasteiger partial charge is 0.163 e. The molecule has 8 heteroatoms. The summed E-state index contributed by atoms with van der Waals surface area (Å²) in [7, 11) is 0. The van der Waals surface area contributed by atoms with E-state index in [1.807, 2.05) is 30.8 Å². The Kier molecular flexibility index (Phi) is 5.34. The largest absolute Gasteiger partial charge is 0.373 e. The summed E-state index contributed by atoms with van der Waals surface area (Å²) in [6, 6.07) is 7.21. The van der Waals surface area contributed by atoms with Gasteiger partial charge in [0.25, 0.3) is 0 Å². The standard InChI is InChI=1S/C26H25ClFN5O/c1-14-9-21-24(20-6-3-18(27)11-22(20)28)31-25(32-26(21)30-15(14)2)16-7-8-34-23(10-16)17-12-29-33(13-17)19-4-5-19/h3,6,9,11-13,16,19,23H,4-5,7-8,10H2,1-2H3/t16-,23+/m1/s1. The number of nitrogens with zero attached hydrogens (tertiary/aromatic N) is 5. The first kappa shape index (κ1) is 21.6. The van der Waals surface area contributed by atoms with E-state index >= 15 is 0 Å². The minimum Gasteiger partial charge on any atom is -0.373 e. The van der Waals surface area contributed by atoms with Crippen LogP contribution in [-0.4, -0.2) is 31.3 Å². The van der Waals surface area contributed by atoms with Crippen LogP contribution in [-0.2, 0) is 4.74 Å². The molecule has 1 saturated heterocycles. The van der Waals surface area contributed by atoms with E-state index in [2.05, 4.69) is 11.3 Å². The van der Waals surface area contributed by atoms with Crippen LogP contribution in [0.5, 0.6) is 0 Å². The SMILES string of the molecule is Cc1cc2c(-c3ccc(Cl)cc3F)nc([C@@H]3CCO[C@H](c4cnn(C5CC5)c4)C3)nc2nc1C. The van der Waals surface area contributed by atoms with Gasteiger partial charge in [0.2, 0.25) is 0 Å². The molecule has 6 nitrogen and oxygen atoms in total. The zero-order chi connectivity index (χ0) is 23.4. The molecule has 0 unspecified atom stereocenters. The van der Waals surface area contributed by atoms with Crippen LogP contribution in [0.25, 0.3) is 22.3 Å². The summed E-state index contributed by atoms with van der Waals surface area (Å²) in [5.41, 5.74) is 4.54. The van der Waals surface area contributed by atoms with Crippen molar-refractivity contribution >= 4 is 22.6 Å². The summed E-state index contributed by atoms with van der Waals surface area (Å²) >= 11 is 6.02. The van der Waals surface area contributed by atoms with Gasteiger partial charge in [-0.1, -0.05) is 11.6 Å². The monoisotopic (exact) mass is 477 g/mol. The summed E-state index contributed by atoms with van der Waals surface area (Å²) in [5.74, 6) is 0.342. The maximum absolute atomic E-state index is 15.0. The average molecular weight is 478 g/mol. The van der Waals surface area contributed by atoms with Gasteiger partial charge in [-0.2, -0.15) is 5.10 Å². The Morgan fingerprint density at radius 1 is 1.09 bits per heavy atom. The maximum atomic E-state index is 15.0. The first-order valence-electron chi connectivity index (χ1n) is 11.7.